The Morgan fingerprint density at radius 2 is 1.69 bits per heavy atom. The number of ether oxygens (including phenoxy) is 1. The van der Waals surface area contributed by atoms with Crippen molar-refractivity contribution >= 4 is 45.0 Å². The number of hydrogen-bond donors (Lipinski definition) is 1. The molecule has 0 saturated carbocycles. The first kappa shape index (κ1) is 30.1. The smallest absolute Gasteiger partial charge is 0.265 e. The molecule has 218 valence electrons. The van der Waals surface area contributed by atoms with E-state index in [0.29, 0.717) is 13.0 Å². The zero-order valence-electron chi connectivity index (χ0n) is 24.0. The summed E-state index contributed by atoms with van der Waals surface area (Å²) in [7, 11) is -2.38. The number of aromatic nitrogens is 1. The highest BCUT2D eigenvalue weighted by atomic mass is 32.2. The van der Waals surface area contributed by atoms with Crippen LogP contribution in [0, 0.1) is 0 Å². The van der Waals surface area contributed by atoms with Crippen molar-refractivity contribution in [3.63, 3.8) is 0 Å². The van der Waals surface area contributed by atoms with Gasteiger partial charge in [0.1, 0.15) is 10.6 Å². The molecule has 42 heavy (non-hydrogen) atoms. The Labute approximate surface area is 256 Å². The first-order chi connectivity index (χ1) is 20.3. The summed E-state index contributed by atoms with van der Waals surface area (Å²) in [4.78, 5) is 4.63. The Bertz CT molecular complexity index is 1710. The quantitative estimate of drug-likeness (QED) is 0.136. The molecule has 0 amide bonds. The fourth-order valence-electron chi connectivity index (χ4n) is 5.05. The maximum atomic E-state index is 11.6. The number of fused-ring (bicyclic) bond motifs is 1. The van der Waals surface area contributed by atoms with Crippen LogP contribution < -0.4 is 14.2 Å². The Morgan fingerprint density at radius 1 is 1.00 bits per heavy atom. The molecule has 1 aliphatic heterocycles. The molecule has 1 N–H and O–H groups in total. The van der Waals surface area contributed by atoms with Gasteiger partial charge >= 0.3 is 0 Å². The third kappa shape index (κ3) is 6.81. The van der Waals surface area contributed by atoms with Gasteiger partial charge in [0.25, 0.3) is 15.1 Å². The minimum Gasteiger partial charge on any atom is -0.497 e. The number of benzene rings is 3. The van der Waals surface area contributed by atoms with E-state index in [1.165, 1.54) is 10.5 Å². The Balaban J connectivity index is 1.63. The van der Waals surface area contributed by atoms with Crippen molar-refractivity contribution in [3.8, 4) is 27.4 Å². The lowest BCUT2D eigenvalue weighted by atomic mass is 10.1. The summed E-state index contributed by atoms with van der Waals surface area (Å²) >= 11 is 3.46. The van der Waals surface area contributed by atoms with Gasteiger partial charge in [-0.1, -0.05) is 78.6 Å². The van der Waals surface area contributed by atoms with Gasteiger partial charge in [-0.15, -0.1) is 0 Å². The molecule has 0 unspecified atom stereocenters. The molecule has 3 aromatic carbocycles. The molecule has 1 aliphatic rings. The summed E-state index contributed by atoms with van der Waals surface area (Å²) in [5.41, 5.74) is 5.52. The minimum atomic E-state index is -4.07. The molecule has 0 aliphatic carbocycles. The van der Waals surface area contributed by atoms with E-state index in [2.05, 4.69) is 71.9 Å². The van der Waals surface area contributed by atoms with Crippen molar-refractivity contribution in [2.75, 3.05) is 24.3 Å². The molecule has 2 heterocycles. The van der Waals surface area contributed by atoms with E-state index in [-0.39, 0.29) is 5.75 Å². The highest BCUT2D eigenvalue weighted by molar-refractivity contribution is 8.03. The lowest BCUT2D eigenvalue weighted by Gasteiger charge is -2.18. The zero-order valence-corrected chi connectivity index (χ0v) is 26.4. The van der Waals surface area contributed by atoms with Crippen LogP contribution in [0.1, 0.15) is 31.7 Å². The molecule has 1 aromatic heterocycles. The number of nitrogens with zero attached hydrogens (tertiary/aromatic N) is 2. The van der Waals surface area contributed by atoms with E-state index >= 15 is 0 Å². The lowest BCUT2D eigenvalue weighted by molar-refractivity contribution is -0.682. The van der Waals surface area contributed by atoms with Gasteiger partial charge in [-0.2, -0.15) is 13.0 Å². The van der Waals surface area contributed by atoms with Crippen molar-refractivity contribution in [1.82, 2.24) is 0 Å². The molecule has 5 rings (SSSR count). The lowest BCUT2D eigenvalue weighted by Crippen LogP contribution is -2.38. The maximum absolute atomic E-state index is 11.6. The normalized spacial score (nSPS) is 14.4. The molecule has 0 bridgehead atoms. The van der Waals surface area contributed by atoms with Crippen LogP contribution in [0.4, 0.5) is 5.69 Å². The van der Waals surface area contributed by atoms with Crippen LogP contribution >= 0.6 is 23.1 Å². The predicted octanol–water partition coefficient (Wildman–Crippen LogP) is 7.92. The van der Waals surface area contributed by atoms with Crippen LogP contribution in [-0.2, 0) is 16.7 Å². The van der Waals surface area contributed by atoms with Gasteiger partial charge in [-0.25, -0.2) is 0 Å². The summed E-state index contributed by atoms with van der Waals surface area (Å²) in [6, 6.07) is 26.7. The molecule has 4 aromatic rings. The Morgan fingerprint density at radius 3 is 2.31 bits per heavy atom. The van der Waals surface area contributed by atoms with Gasteiger partial charge in [-0.3, -0.25) is 4.55 Å². The molecular formula is C33H35N2O4S3+. The van der Waals surface area contributed by atoms with Gasteiger partial charge in [0.2, 0.25) is 5.69 Å². The molecule has 0 saturated heterocycles. The fourth-order valence-corrected chi connectivity index (χ4v) is 8.02. The third-order valence-corrected chi connectivity index (χ3v) is 10.2. The van der Waals surface area contributed by atoms with E-state index in [4.69, 9.17) is 4.74 Å². The van der Waals surface area contributed by atoms with E-state index < -0.39 is 10.1 Å². The summed E-state index contributed by atoms with van der Waals surface area (Å²) in [6.45, 7) is 5.59. The molecule has 0 radical (unpaired) electrons. The fraction of sp³-hybridized carbons (Fsp3) is 0.242. The number of thiazole rings is 1. The van der Waals surface area contributed by atoms with Gasteiger partial charge in [0, 0.05) is 35.6 Å². The van der Waals surface area contributed by atoms with Crippen LogP contribution in [0.15, 0.2) is 100 Å². The van der Waals surface area contributed by atoms with Crippen molar-refractivity contribution in [2.45, 2.75) is 38.1 Å². The van der Waals surface area contributed by atoms with E-state index in [0.717, 1.165) is 56.1 Å². The number of anilines is 1. The third-order valence-electron chi connectivity index (χ3n) is 7.10. The first-order valence-corrected chi connectivity index (χ1v) is 17.2. The van der Waals surface area contributed by atoms with Crippen molar-refractivity contribution in [3.05, 3.63) is 101 Å². The largest absolute Gasteiger partial charge is 0.497 e. The average molecular weight is 620 g/mol. The summed E-state index contributed by atoms with van der Waals surface area (Å²) in [5, 5.41) is 2.19. The standard InChI is InChI=1S/C33H34N2O4S3/c1-4-24(21-30-34(5-2)28-23-27(39-3)17-18-29(28)40-30)22-31-35(19-12-20-42(36,37)38)32(25-13-8-6-9-14-25)33(41-31)26-15-10-7-11-16-26/h6-11,13-18,21-23H,4-5,12,19-20H2,1-3H3/p+1. The Hall–Kier alpha value is -3.37. The second kappa shape index (κ2) is 13.3. The molecule has 9 heteroatoms. The van der Waals surface area contributed by atoms with Crippen LogP contribution in [0.2, 0.25) is 0 Å². The monoisotopic (exact) mass is 619 g/mol. The Kier molecular flexibility index (Phi) is 9.53. The number of thioether (sulfide) groups is 1. The number of allylic oxidation sites excluding steroid dienone is 2. The number of methoxy groups -OCH3 is 1. The minimum absolute atomic E-state index is 0.289. The second-order valence-corrected chi connectivity index (χ2v) is 13.5. The van der Waals surface area contributed by atoms with Gasteiger partial charge in [-0.05, 0) is 54.8 Å². The zero-order chi connectivity index (χ0) is 29.7. The number of rotatable bonds is 11. The SMILES string of the molecule is CCC(=C/c1sc(-c2ccccc2)c(-c2ccccc2)[n+]1CCCS(=O)(=O)O)/C=C1/Sc2ccc(OC)cc2N1CC. The first-order valence-electron chi connectivity index (χ1n) is 14.0. The molecule has 0 fully saturated rings. The van der Waals surface area contributed by atoms with Crippen molar-refractivity contribution in [1.29, 1.82) is 0 Å². The highest BCUT2D eigenvalue weighted by Gasteiger charge is 2.29. The maximum Gasteiger partial charge on any atom is 0.265 e. The van der Waals surface area contributed by atoms with Gasteiger partial charge in [0.05, 0.1) is 23.6 Å². The molecule has 6 nitrogen and oxygen atoms in total. The van der Waals surface area contributed by atoms with Crippen LogP contribution in [0.3, 0.4) is 0 Å². The van der Waals surface area contributed by atoms with Crippen LogP contribution in [0.5, 0.6) is 5.75 Å². The molecular weight excluding hydrogens is 585 g/mol. The van der Waals surface area contributed by atoms with E-state index in [1.807, 2.05) is 42.5 Å². The average Bonchev–Trinajstić information content (AvgIpc) is 3.53. The van der Waals surface area contributed by atoms with Crippen LogP contribution in [0.25, 0.3) is 27.8 Å². The van der Waals surface area contributed by atoms with Gasteiger partial charge in [0.15, 0.2) is 6.54 Å². The van der Waals surface area contributed by atoms with Crippen molar-refractivity contribution in [2.24, 2.45) is 0 Å². The highest BCUT2D eigenvalue weighted by Crippen LogP contribution is 2.48. The molecule has 0 spiro atoms. The van der Waals surface area contributed by atoms with Crippen molar-refractivity contribution < 1.29 is 22.3 Å². The van der Waals surface area contributed by atoms with E-state index in [1.54, 1.807) is 30.2 Å². The second-order valence-electron chi connectivity index (χ2n) is 9.88. The number of hydrogen-bond acceptors (Lipinski definition) is 6. The summed E-state index contributed by atoms with van der Waals surface area (Å²) in [6.07, 6.45) is 5.61. The summed E-state index contributed by atoms with van der Waals surface area (Å²) < 4.78 is 40.4. The van der Waals surface area contributed by atoms with Gasteiger partial charge < -0.3 is 9.64 Å². The topological polar surface area (TPSA) is 70.7 Å². The molecule has 0 atom stereocenters. The van der Waals surface area contributed by atoms with E-state index in [9.17, 15) is 13.0 Å². The van der Waals surface area contributed by atoms with Crippen LogP contribution in [-0.4, -0.2) is 32.4 Å². The summed E-state index contributed by atoms with van der Waals surface area (Å²) in [5.74, 6) is 0.550. The predicted molar refractivity (Wildman–Crippen MR) is 175 cm³/mol.